The monoisotopic (exact) mass is 362 g/mol. The standard InChI is InChI=1S/C15H19ClN2O4.ClH/c16-11-3-5-12(6-4-11)22-9-7-17-14(19)10-18-8-1-2-13(18)15(20)21;/h3-6,13H,1-2,7-10H2,(H,17,19)(H,20,21);1H/t13-;/m1./s1. The molecule has 0 unspecified atom stereocenters. The molecule has 0 spiro atoms. The molecule has 1 heterocycles. The van der Waals surface area contributed by atoms with Gasteiger partial charge in [0.25, 0.3) is 0 Å². The molecular formula is C15H20Cl2N2O4. The number of hydrogen-bond donors (Lipinski definition) is 2. The summed E-state index contributed by atoms with van der Waals surface area (Å²) in [6.45, 7) is 1.46. The predicted octanol–water partition coefficient (Wildman–Crippen LogP) is 1.81. The van der Waals surface area contributed by atoms with Crippen molar-refractivity contribution < 1.29 is 19.4 Å². The Labute approximate surface area is 146 Å². The van der Waals surface area contributed by atoms with E-state index in [1.54, 1.807) is 29.2 Å². The third kappa shape index (κ3) is 6.25. The van der Waals surface area contributed by atoms with Crippen molar-refractivity contribution in [1.29, 1.82) is 0 Å². The normalized spacial score (nSPS) is 17.3. The highest BCUT2D eigenvalue weighted by atomic mass is 35.5. The number of halogens is 2. The van der Waals surface area contributed by atoms with Gasteiger partial charge in [-0.15, -0.1) is 12.4 Å². The smallest absolute Gasteiger partial charge is 0.320 e. The maximum Gasteiger partial charge on any atom is 0.320 e. The van der Waals surface area contributed by atoms with Crippen molar-refractivity contribution in [3.05, 3.63) is 29.3 Å². The summed E-state index contributed by atoms with van der Waals surface area (Å²) >= 11 is 5.77. The van der Waals surface area contributed by atoms with Crippen molar-refractivity contribution >= 4 is 35.9 Å². The molecule has 0 radical (unpaired) electrons. The zero-order valence-corrected chi connectivity index (χ0v) is 14.1. The highest BCUT2D eigenvalue weighted by Gasteiger charge is 2.31. The molecule has 2 rings (SSSR count). The highest BCUT2D eigenvalue weighted by Crippen LogP contribution is 2.17. The van der Waals surface area contributed by atoms with Crippen molar-refractivity contribution in [1.82, 2.24) is 10.2 Å². The maximum absolute atomic E-state index is 11.8. The van der Waals surface area contributed by atoms with E-state index in [1.165, 1.54) is 0 Å². The Morgan fingerprint density at radius 3 is 2.70 bits per heavy atom. The summed E-state index contributed by atoms with van der Waals surface area (Å²) < 4.78 is 5.46. The van der Waals surface area contributed by atoms with Gasteiger partial charge in [0.1, 0.15) is 18.4 Å². The van der Waals surface area contributed by atoms with Gasteiger partial charge in [-0.1, -0.05) is 11.6 Å². The summed E-state index contributed by atoms with van der Waals surface area (Å²) in [4.78, 5) is 24.5. The first-order chi connectivity index (χ1) is 10.6. The Morgan fingerprint density at radius 1 is 1.35 bits per heavy atom. The molecule has 1 aliphatic heterocycles. The highest BCUT2D eigenvalue weighted by molar-refractivity contribution is 6.30. The second-order valence-corrected chi connectivity index (χ2v) is 5.56. The minimum absolute atomic E-state index is 0. The van der Waals surface area contributed by atoms with E-state index >= 15 is 0 Å². The van der Waals surface area contributed by atoms with Crippen LogP contribution in [-0.4, -0.2) is 54.2 Å². The predicted molar refractivity (Wildman–Crippen MR) is 89.4 cm³/mol. The maximum atomic E-state index is 11.8. The van der Waals surface area contributed by atoms with Gasteiger partial charge in [0.2, 0.25) is 5.91 Å². The molecule has 1 aromatic carbocycles. The van der Waals surface area contributed by atoms with E-state index in [9.17, 15) is 9.59 Å². The first kappa shape index (κ1) is 19.5. The zero-order chi connectivity index (χ0) is 15.9. The third-order valence-corrected chi connectivity index (χ3v) is 3.75. The SMILES string of the molecule is Cl.O=C(CN1CCC[C@@H]1C(=O)O)NCCOc1ccc(Cl)cc1. The first-order valence-corrected chi connectivity index (χ1v) is 7.56. The Bertz CT molecular complexity index is 525. The number of aliphatic carboxylic acids is 1. The summed E-state index contributed by atoms with van der Waals surface area (Å²) in [6, 6.07) is 6.43. The van der Waals surface area contributed by atoms with Gasteiger partial charge in [-0.3, -0.25) is 14.5 Å². The molecule has 128 valence electrons. The lowest BCUT2D eigenvalue weighted by Gasteiger charge is -2.20. The number of nitrogens with one attached hydrogen (secondary N) is 1. The number of benzene rings is 1. The number of hydrogen-bond acceptors (Lipinski definition) is 4. The number of carboxylic acid groups (broad SMARTS) is 1. The van der Waals surface area contributed by atoms with Gasteiger partial charge >= 0.3 is 5.97 Å². The quantitative estimate of drug-likeness (QED) is 0.723. The lowest BCUT2D eigenvalue weighted by atomic mass is 10.2. The van der Waals surface area contributed by atoms with Crippen LogP contribution in [0, 0.1) is 0 Å². The van der Waals surface area contributed by atoms with Gasteiger partial charge in [0.15, 0.2) is 0 Å². The molecule has 1 aromatic rings. The molecule has 1 saturated heterocycles. The molecule has 8 heteroatoms. The number of carboxylic acids is 1. The molecule has 1 amide bonds. The molecule has 0 saturated carbocycles. The topological polar surface area (TPSA) is 78.9 Å². The summed E-state index contributed by atoms with van der Waals surface area (Å²) in [6.07, 6.45) is 1.41. The molecule has 1 aliphatic rings. The Hall–Kier alpha value is -1.50. The van der Waals surface area contributed by atoms with Crippen molar-refractivity contribution in [3.8, 4) is 5.75 Å². The number of rotatable bonds is 7. The van der Waals surface area contributed by atoms with Crippen LogP contribution in [-0.2, 0) is 9.59 Å². The zero-order valence-electron chi connectivity index (χ0n) is 12.5. The van der Waals surface area contributed by atoms with Gasteiger partial charge in [-0.2, -0.15) is 0 Å². The van der Waals surface area contributed by atoms with Crippen molar-refractivity contribution in [2.24, 2.45) is 0 Å². The molecule has 1 fully saturated rings. The summed E-state index contributed by atoms with van der Waals surface area (Å²) in [5, 5.41) is 12.4. The Balaban J connectivity index is 0.00000264. The van der Waals surface area contributed by atoms with E-state index in [0.717, 1.165) is 6.42 Å². The largest absolute Gasteiger partial charge is 0.492 e. The van der Waals surface area contributed by atoms with E-state index in [1.807, 2.05) is 0 Å². The molecule has 6 nitrogen and oxygen atoms in total. The van der Waals surface area contributed by atoms with Crippen molar-refractivity contribution in [2.45, 2.75) is 18.9 Å². The number of carbonyl (C=O) groups excluding carboxylic acids is 1. The Morgan fingerprint density at radius 2 is 2.04 bits per heavy atom. The minimum atomic E-state index is -0.864. The molecule has 0 bridgehead atoms. The van der Waals surface area contributed by atoms with E-state index < -0.39 is 12.0 Å². The Kier molecular flexibility index (Phi) is 8.16. The molecule has 0 aromatic heterocycles. The average molecular weight is 363 g/mol. The van der Waals surface area contributed by atoms with Crippen LogP contribution < -0.4 is 10.1 Å². The third-order valence-electron chi connectivity index (χ3n) is 3.50. The summed E-state index contributed by atoms with van der Waals surface area (Å²) in [7, 11) is 0. The summed E-state index contributed by atoms with van der Waals surface area (Å²) in [5.41, 5.74) is 0. The van der Waals surface area contributed by atoms with E-state index in [-0.39, 0.29) is 24.9 Å². The lowest BCUT2D eigenvalue weighted by Crippen LogP contribution is -2.43. The number of ether oxygens (including phenoxy) is 1. The average Bonchev–Trinajstić information content (AvgIpc) is 2.94. The fourth-order valence-corrected chi connectivity index (χ4v) is 2.55. The number of amides is 1. The van der Waals surface area contributed by atoms with E-state index in [2.05, 4.69) is 5.32 Å². The molecule has 2 N–H and O–H groups in total. The number of likely N-dealkylation sites (tertiary alicyclic amines) is 1. The van der Waals surface area contributed by atoms with Gasteiger partial charge in [-0.05, 0) is 43.7 Å². The van der Waals surface area contributed by atoms with Gasteiger partial charge in [0.05, 0.1) is 13.1 Å². The fourth-order valence-electron chi connectivity index (χ4n) is 2.43. The minimum Gasteiger partial charge on any atom is -0.492 e. The van der Waals surface area contributed by atoms with Crippen molar-refractivity contribution in [3.63, 3.8) is 0 Å². The van der Waals surface area contributed by atoms with Crippen LogP contribution in [0.2, 0.25) is 5.02 Å². The van der Waals surface area contributed by atoms with Crippen LogP contribution >= 0.6 is 24.0 Å². The van der Waals surface area contributed by atoms with Crippen LogP contribution in [0.1, 0.15) is 12.8 Å². The fraction of sp³-hybridized carbons (Fsp3) is 0.467. The van der Waals surface area contributed by atoms with Gasteiger partial charge in [0, 0.05) is 5.02 Å². The summed E-state index contributed by atoms with van der Waals surface area (Å²) in [5.74, 6) is -0.367. The second kappa shape index (κ2) is 9.60. The first-order valence-electron chi connectivity index (χ1n) is 7.18. The van der Waals surface area contributed by atoms with E-state index in [0.29, 0.717) is 36.9 Å². The van der Waals surface area contributed by atoms with Gasteiger partial charge in [-0.25, -0.2) is 0 Å². The molecule has 23 heavy (non-hydrogen) atoms. The second-order valence-electron chi connectivity index (χ2n) is 5.12. The van der Waals surface area contributed by atoms with Crippen LogP contribution in [0.4, 0.5) is 0 Å². The number of carbonyl (C=O) groups is 2. The van der Waals surface area contributed by atoms with Crippen LogP contribution in [0.25, 0.3) is 0 Å². The lowest BCUT2D eigenvalue weighted by molar-refractivity contribution is -0.142. The molecule has 0 aliphatic carbocycles. The van der Waals surface area contributed by atoms with E-state index in [4.69, 9.17) is 21.4 Å². The molecule has 1 atom stereocenters. The van der Waals surface area contributed by atoms with Crippen molar-refractivity contribution in [2.75, 3.05) is 26.2 Å². The molecular weight excluding hydrogens is 343 g/mol. The van der Waals surface area contributed by atoms with Crippen LogP contribution in [0.3, 0.4) is 0 Å². The van der Waals surface area contributed by atoms with Gasteiger partial charge < -0.3 is 15.2 Å². The number of nitrogens with zero attached hydrogens (tertiary/aromatic N) is 1. The van der Waals surface area contributed by atoms with Crippen LogP contribution in [0.5, 0.6) is 5.75 Å². The van der Waals surface area contributed by atoms with Crippen LogP contribution in [0.15, 0.2) is 24.3 Å².